The summed E-state index contributed by atoms with van der Waals surface area (Å²) in [5, 5.41) is 4.86. The van der Waals surface area contributed by atoms with Gasteiger partial charge in [0.15, 0.2) is 5.76 Å². The summed E-state index contributed by atoms with van der Waals surface area (Å²) in [5.74, 6) is 2.32. The Balaban J connectivity index is 0.00000144. The molecule has 3 atom stereocenters. The Morgan fingerprint density at radius 2 is 2.05 bits per heavy atom. The summed E-state index contributed by atoms with van der Waals surface area (Å²) in [6, 6.07) is 9.62. The van der Waals surface area contributed by atoms with E-state index in [0.717, 1.165) is 28.0 Å². The van der Waals surface area contributed by atoms with Gasteiger partial charge in [-0.15, -0.1) is 12.4 Å². The summed E-state index contributed by atoms with van der Waals surface area (Å²) in [5.41, 5.74) is 1.87. The molecule has 0 N–H and O–H groups in total. The van der Waals surface area contributed by atoms with E-state index in [-0.39, 0.29) is 12.4 Å². The van der Waals surface area contributed by atoms with E-state index < -0.39 is 0 Å². The van der Waals surface area contributed by atoms with E-state index in [1.54, 1.807) is 0 Å². The van der Waals surface area contributed by atoms with Gasteiger partial charge in [0.05, 0.1) is 0 Å². The van der Waals surface area contributed by atoms with Gasteiger partial charge < -0.3 is 9.42 Å². The highest BCUT2D eigenvalue weighted by Crippen LogP contribution is 2.34. The SMILES string of the molecule is Cl.Clc1ccc(-c2cc(C=CC3CN4CCC3C4)on2)cc1. The van der Waals surface area contributed by atoms with Crippen LogP contribution in [0.5, 0.6) is 0 Å². The zero-order valence-electron chi connectivity index (χ0n) is 12.1. The third-order valence-electron chi connectivity index (χ3n) is 4.56. The van der Waals surface area contributed by atoms with E-state index in [1.807, 2.05) is 30.3 Å². The molecule has 22 heavy (non-hydrogen) atoms. The molecular weight excluding hydrogens is 319 g/mol. The van der Waals surface area contributed by atoms with E-state index in [9.17, 15) is 0 Å². The lowest BCUT2D eigenvalue weighted by Crippen LogP contribution is -2.21. The topological polar surface area (TPSA) is 29.3 Å². The van der Waals surface area contributed by atoms with Gasteiger partial charge in [0, 0.05) is 29.7 Å². The minimum Gasteiger partial charge on any atom is -0.356 e. The smallest absolute Gasteiger partial charge is 0.159 e. The molecule has 5 heteroatoms. The van der Waals surface area contributed by atoms with E-state index in [4.69, 9.17) is 16.1 Å². The molecule has 3 nitrogen and oxygen atoms in total. The minimum absolute atomic E-state index is 0. The van der Waals surface area contributed by atoms with Gasteiger partial charge in [-0.05, 0) is 43.0 Å². The lowest BCUT2D eigenvalue weighted by atomic mass is 9.92. The summed E-state index contributed by atoms with van der Waals surface area (Å²) in [7, 11) is 0. The quantitative estimate of drug-likeness (QED) is 0.832. The highest BCUT2D eigenvalue weighted by atomic mass is 35.5. The molecule has 116 valence electrons. The molecular formula is C17H18Cl2N2O. The van der Waals surface area contributed by atoms with Crippen LogP contribution < -0.4 is 0 Å². The van der Waals surface area contributed by atoms with Gasteiger partial charge in [-0.2, -0.15) is 0 Å². The molecule has 3 heterocycles. The Morgan fingerprint density at radius 3 is 2.73 bits per heavy atom. The van der Waals surface area contributed by atoms with E-state index in [2.05, 4.69) is 22.2 Å². The van der Waals surface area contributed by atoms with Gasteiger partial charge in [0.1, 0.15) is 5.69 Å². The normalized spacial score (nSPS) is 26.5. The Labute approximate surface area is 141 Å². The first-order chi connectivity index (χ1) is 10.3. The Hall–Kier alpha value is -1.29. The molecule has 3 unspecified atom stereocenters. The molecule has 0 saturated carbocycles. The van der Waals surface area contributed by atoms with Crippen molar-refractivity contribution in [2.24, 2.45) is 11.8 Å². The monoisotopic (exact) mass is 336 g/mol. The van der Waals surface area contributed by atoms with Crippen LogP contribution in [0.25, 0.3) is 17.3 Å². The first kappa shape index (κ1) is 15.6. The van der Waals surface area contributed by atoms with Gasteiger partial charge in [-0.3, -0.25) is 0 Å². The van der Waals surface area contributed by atoms with Crippen LogP contribution in [0.1, 0.15) is 12.2 Å². The van der Waals surface area contributed by atoms with Crippen LogP contribution in [0.3, 0.4) is 0 Å². The van der Waals surface area contributed by atoms with Crippen LogP contribution in [0.15, 0.2) is 40.9 Å². The second kappa shape index (κ2) is 6.45. The molecule has 0 amide bonds. The van der Waals surface area contributed by atoms with E-state index >= 15 is 0 Å². The molecule has 2 saturated heterocycles. The van der Waals surface area contributed by atoms with Crippen molar-refractivity contribution in [1.82, 2.24) is 10.1 Å². The maximum absolute atomic E-state index is 5.90. The van der Waals surface area contributed by atoms with Gasteiger partial charge in [0.25, 0.3) is 0 Å². The van der Waals surface area contributed by atoms with Crippen LogP contribution >= 0.6 is 24.0 Å². The maximum atomic E-state index is 5.90. The Morgan fingerprint density at radius 1 is 1.23 bits per heavy atom. The number of piperidine rings is 1. The fourth-order valence-electron chi connectivity index (χ4n) is 3.39. The molecule has 2 aliphatic rings. The summed E-state index contributed by atoms with van der Waals surface area (Å²) >= 11 is 5.90. The van der Waals surface area contributed by atoms with Gasteiger partial charge in [0.2, 0.25) is 0 Å². The van der Waals surface area contributed by atoms with Gasteiger partial charge in [-0.25, -0.2) is 0 Å². The van der Waals surface area contributed by atoms with Crippen LogP contribution in [0, 0.1) is 11.8 Å². The minimum atomic E-state index is 0. The zero-order chi connectivity index (χ0) is 14.2. The predicted octanol–water partition coefficient (Wildman–Crippen LogP) is 4.38. The van der Waals surface area contributed by atoms with Crippen LogP contribution in [-0.4, -0.2) is 29.7 Å². The Bertz CT molecular complexity index is 666. The van der Waals surface area contributed by atoms with Gasteiger partial charge in [-0.1, -0.05) is 35.0 Å². The van der Waals surface area contributed by atoms with Crippen molar-refractivity contribution >= 4 is 30.1 Å². The van der Waals surface area contributed by atoms with E-state index in [0.29, 0.717) is 5.92 Å². The number of benzene rings is 1. The molecule has 2 aromatic rings. The average molecular weight is 337 g/mol. The summed E-state index contributed by atoms with van der Waals surface area (Å²) in [6.07, 6.45) is 5.69. The van der Waals surface area contributed by atoms with Crippen molar-refractivity contribution in [2.75, 3.05) is 19.6 Å². The number of hydrogen-bond acceptors (Lipinski definition) is 3. The molecule has 4 rings (SSSR count). The third kappa shape index (κ3) is 3.07. The second-order valence-electron chi connectivity index (χ2n) is 5.95. The maximum Gasteiger partial charge on any atom is 0.159 e. The number of nitrogens with zero attached hydrogens (tertiary/aromatic N) is 2. The molecule has 2 fully saturated rings. The fourth-order valence-corrected chi connectivity index (χ4v) is 3.51. The van der Waals surface area contributed by atoms with Gasteiger partial charge >= 0.3 is 0 Å². The van der Waals surface area contributed by atoms with Crippen molar-refractivity contribution < 1.29 is 4.52 Å². The lowest BCUT2D eigenvalue weighted by Gasteiger charge is -2.18. The summed E-state index contributed by atoms with van der Waals surface area (Å²) in [4.78, 5) is 2.54. The van der Waals surface area contributed by atoms with E-state index in [1.165, 1.54) is 26.1 Å². The third-order valence-corrected chi connectivity index (χ3v) is 4.81. The fraction of sp³-hybridized carbons (Fsp3) is 0.353. The molecule has 0 aliphatic carbocycles. The zero-order valence-corrected chi connectivity index (χ0v) is 13.7. The molecule has 2 bridgehead atoms. The number of aromatic nitrogens is 1. The Kier molecular flexibility index (Phi) is 4.57. The van der Waals surface area contributed by atoms with Crippen molar-refractivity contribution in [3.8, 4) is 11.3 Å². The standard InChI is InChI=1S/C17H17ClN2O.ClH/c18-15-4-1-12(2-5-15)17-9-16(21-19-17)6-3-13-10-20-8-7-14(13)11-20;/h1-6,9,13-14H,7-8,10-11H2;1H. The van der Waals surface area contributed by atoms with Crippen LogP contribution in [0.4, 0.5) is 0 Å². The summed E-state index contributed by atoms with van der Waals surface area (Å²) in [6.45, 7) is 3.73. The number of fused-ring (bicyclic) bond motifs is 2. The molecule has 2 aliphatic heterocycles. The average Bonchev–Trinajstić information content (AvgIpc) is 3.22. The highest BCUT2D eigenvalue weighted by Gasteiger charge is 2.36. The number of rotatable bonds is 3. The molecule has 0 spiro atoms. The first-order valence-electron chi connectivity index (χ1n) is 7.41. The number of hydrogen-bond donors (Lipinski definition) is 0. The molecule has 1 aromatic heterocycles. The van der Waals surface area contributed by atoms with Crippen LogP contribution in [-0.2, 0) is 0 Å². The van der Waals surface area contributed by atoms with Crippen molar-refractivity contribution in [2.45, 2.75) is 6.42 Å². The second-order valence-corrected chi connectivity index (χ2v) is 6.39. The first-order valence-corrected chi connectivity index (χ1v) is 7.79. The molecule has 0 radical (unpaired) electrons. The van der Waals surface area contributed by atoms with Crippen LogP contribution in [0.2, 0.25) is 5.02 Å². The number of halogens is 2. The largest absolute Gasteiger partial charge is 0.356 e. The van der Waals surface area contributed by atoms with Crippen molar-refractivity contribution in [3.05, 3.63) is 47.2 Å². The lowest BCUT2D eigenvalue weighted by molar-refractivity contribution is 0.334. The van der Waals surface area contributed by atoms with Crippen molar-refractivity contribution in [1.29, 1.82) is 0 Å². The molecule has 1 aromatic carbocycles. The predicted molar refractivity (Wildman–Crippen MR) is 91.3 cm³/mol. The highest BCUT2D eigenvalue weighted by molar-refractivity contribution is 6.30. The van der Waals surface area contributed by atoms with Crippen molar-refractivity contribution in [3.63, 3.8) is 0 Å². The summed E-state index contributed by atoms with van der Waals surface area (Å²) < 4.78 is 5.41.